The quantitative estimate of drug-likeness (QED) is 0.753. The lowest BCUT2D eigenvalue weighted by Crippen LogP contribution is -2.64. The second-order valence-corrected chi connectivity index (χ2v) is 8.89. The first-order valence-electron chi connectivity index (χ1n) is 9.21. The summed E-state index contributed by atoms with van der Waals surface area (Å²) in [5.41, 5.74) is 8.27. The molecule has 150 valence electrons. The van der Waals surface area contributed by atoms with Gasteiger partial charge in [-0.15, -0.1) is 0 Å². The van der Waals surface area contributed by atoms with Crippen molar-refractivity contribution in [3.05, 3.63) is 65.7 Å². The molecule has 5 atom stereocenters. The molecule has 0 aliphatic carbocycles. The van der Waals surface area contributed by atoms with Gasteiger partial charge in [0.2, 0.25) is 10.0 Å². The number of nitrogens with two attached hydrogens (primary N) is 1. The molecule has 0 radical (unpaired) electrons. The Morgan fingerprint density at radius 1 is 1.14 bits per heavy atom. The molecule has 2 aromatic carbocycles. The summed E-state index contributed by atoms with van der Waals surface area (Å²) in [4.78, 5) is 0.187. The van der Waals surface area contributed by atoms with Crippen LogP contribution in [0.1, 0.15) is 11.1 Å². The first kappa shape index (κ1) is 19.5. The van der Waals surface area contributed by atoms with Gasteiger partial charge in [0.1, 0.15) is 12.2 Å². The lowest BCUT2D eigenvalue weighted by atomic mass is 9.97. The fraction of sp³-hybridized carbons (Fsp3) is 0.400. The van der Waals surface area contributed by atoms with Crippen molar-refractivity contribution >= 4 is 10.0 Å². The first-order chi connectivity index (χ1) is 13.4. The molecule has 0 spiro atoms. The van der Waals surface area contributed by atoms with Crippen molar-refractivity contribution in [2.45, 2.75) is 49.0 Å². The lowest BCUT2D eigenvalue weighted by molar-refractivity contribution is -0.189. The molecule has 3 N–H and O–H groups in total. The van der Waals surface area contributed by atoms with E-state index in [0.29, 0.717) is 13.2 Å². The Kier molecular flexibility index (Phi) is 5.50. The third-order valence-corrected chi connectivity index (χ3v) is 6.58. The molecule has 2 heterocycles. The van der Waals surface area contributed by atoms with Crippen LogP contribution in [0.15, 0.2) is 59.5 Å². The van der Waals surface area contributed by atoms with E-state index >= 15 is 0 Å². The van der Waals surface area contributed by atoms with E-state index < -0.39 is 34.5 Å². The minimum absolute atomic E-state index is 0.187. The van der Waals surface area contributed by atoms with E-state index in [4.69, 9.17) is 19.9 Å². The molecule has 2 aliphatic rings. The van der Waals surface area contributed by atoms with Gasteiger partial charge in [-0.2, -0.15) is 0 Å². The third-order valence-electron chi connectivity index (χ3n) is 5.11. The Hall–Kier alpha value is -1.81. The number of fused-ring (bicyclic) bond motifs is 2. The predicted octanol–water partition coefficient (Wildman–Crippen LogP) is 1.31. The Balaban J connectivity index is 1.55. The van der Waals surface area contributed by atoms with Crippen LogP contribution in [-0.4, -0.2) is 45.6 Å². The van der Waals surface area contributed by atoms with Gasteiger partial charge >= 0.3 is 0 Å². The molecular weight excluding hydrogens is 380 g/mol. The van der Waals surface area contributed by atoms with Crippen molar-refractivity contribution in [1.82, 2.24) is 4.72 Å². The monoisotopic (exact) mass is 404 g/mol. The van der Waals surface area contributed by atoms with Crippen LogP contribution in [0.25, 0.3) is 0 Å². The zero-order valence-electron chi connectivity index (χ0n) is 15.5. The van der Waals surface area contributed by atoms with Crippen molar-refractivity contribution in [2.24, 2.45) is 5.73 Å². The Bertz CT molecular complexity index is 904. The number of nitrogens with one attached hydrogen (secondary N) is 1. The van der Waals surface area contributed by atoms with E-state index in [1.54, 1.807) is 24.3 Å². The SMILES string of the molecule is Cc1ccc(S(=O)(=O)N[C@H]2[C@H](N)[C@H]3CO[C@H](O3)[C@@H]2OCc2ccccc2)cc1. The van der Waals surface area contributed by atoms with Crippen molar-refractivity contribution in [3.63, 3.8) is 0 Å². The second kappa shape index (κ2) is 7.90. The minimum Gasteiger partial charge on any atom is -0.367 e. The molecule has 7 nitrogen and oxygen atoms in total. The van der Waals surface area contributed by atoms with E-state index in [9.17, 15) is 8.42 Å². The van der Waals surface area contributed by atoms with Crippen molar-refractivity contribution in [2.75, 3.05) is 6.61 Å². The zero-order valence-corrected chi connectivity index (χ0v) is 16.3. The van der Waals surface area contributed by atoms with Gasteiger partial charge in [-0.25, -0.2) is 13.1 Å². The second-order valence-electron chi connectivity index (χ2n) is 7.17. The topological polar surface area (TPSA) is 99.9 Å². The number of aryl methyl sites for hydroxylation is 1. The molecule has 28 heavy (non-hydrogen) atoms. The highest BCUT2D eigenvalue weighted by Crippen LogP contribution is 2.30. The van der Waals surface area contributed by atoms with Crippen molar-refractivity contribution in [1.29, 1.82) is 0 Å². The van der Waals surface area contributed by atoms with Gasteiger partial charge in [0.15, 0.2) is 6.29 Å². The summed E-state index contributed by atoms with van der Waals surface area (Å²) in [6.07, 6.45) is -1.68. The molecular formula is C20H24N2O5S. The van der Waals surface area contributed by atoms with Crippen LogP contribution in [0, 0.1) is 6.92 Å². The van der Waals surface area contributed by atoms with Crippen LogP contribution < -0.4 is 10.5 Å². The van der Waals surface area contributed by atoms with E-state index in [1.807, 2.05) is 37.3 Å². The average Bonchev–Trinajstić information content (AvgIpc) is 3.13. The highest BCUT2D eigenvalue weighted by molar-refractivity contribution is 7.89. The van der Waals surface area contributed by atoms with Crippen molar-refractivity contribution in [3.8, 4) is 0 Å². The van der Waals surface area contributed by atoms with Crippen LogP contribution in [0.2, 0.25) is 0 Å². The molecule has 0 aromatic heterocycles. The predicted molar refractivity (Wildman–Crippen MR) is 103 cm³/mol. The van der Waals surface area contributed by atoms with Gasteiger partial charge in [-0.3, -0.25) is 0 Å². The number of benzene rings is 2. The molecule has 2 aliphatic heterocycles. The molecule has 0 amide bonds. The summed E-state index contributed by atoms with van der Waals surface area (Å²) < 4.78 is 46.0. The highest BCUT2D eigenvalue weighted by Gasteiger charge is 2.51. The summed E-state index contributed by atoms with van der Waals surface area (Å²) in [5.74, 6) is 0. The zero-order chi connectivity index (χ0) is 19.7. The van der Waals surface area contributed by atoms with E-state index in [-0.39, 0.29) is 11.0 Å². The molecule has 2 bridgehead atoms. The summed E-state index contributed by atoms with van der Waals surface area (Å²) in [5, 5.41) is 0. The number of sulfonamides is 1. The normalized spacial score (nSPS) is 29.7. The summed E-state index contributed by atoms with van der Waals surface area (Å²) in [7, 11) is -3.77. The van der Waals surface area contributed by atoms with E-state index in [0.717, 1.165) is 11.1 Å². The largest absolute Gasteiger partial charge is 0.367 e. The minimum atomic E-state index is -3.77. The molecule has 4 rings (SSSR count). The fourth-order valence-electron chi connectivity index (χ4n) is 3.49. The number of ether oxygens (including phenoxy) is 3. The van der Waals surface area contributed by atoms with Crippen LogP contribution in [-0.2, 0) is 30.8 Å². The molecule has 2 aromatic rings. The van der Waals surface area contributed by atoms with Crippen LogP contribution in [0.5, 0.6) is 0 Å². The Labute approximate surface area is 164 Å². The number of hydrogen-bond acceptors (Lipinski definition) is 6. The average molecular weight is 404 g/mol. The maximum atomic E-state index is 12.9. The van der Waals surface area contributed by atoms with Gasteiger partial charge in [0.05, 0.1) is 30.2 Å². The highest BCUT2D eigenvalue weighted by atomic mass is 32.2. The molecule has 8 heteroatoms. The van der Waals surface area contributed by atoms with Gasteiger partial charge in [0.25, 0.3) is 0 Å². The van der Waals surface area contributed by atoms with E-state index in [1.165, 1.54) is 0 Å². The van der Waals surface area contributed by atoms with Crippen LogP contribution in [0.4, 0.5) is 0 Å². The molecule has 2 saturated heterocycles. The maximum absolute atomic E-state index is 12.9. The van der Waals surface area contributed by atoms with Gasteiger partial charge < -0.3 is 19.9 Å². The standard InChI is InChI=1S/C20H24N2O5S/c1-13-7-9-15(10-8-13)28(23,24)22-18-17(21)16-12-26-20(27-16)19(18)25-11-14-5-3-2-4-6-14/h2-10,16-20,22H,11-12,21H2,1H3/t16-,17-,18+,19-,20-/m1/s1. The van der Waals surface area contributed by atoms with Gasteiger partial charge in [-0.05, 0) is 24.6 Å². The van der Waals surface area contributed by atoms with Gasteiger partial charge in [-0.1, -0.05) is 48.0 Å². The number of hydrogen-bond donors (Lipinski definition) is 2. The third kappa shape index (κ3) is 3.98. The lowest BCUT2D eigenvalue weighted by Gasteiger charge is -2.39. The smallest absolute Gasteiger partial charge is 0.240 e. The fourth-order valence-corrected chi connectivity index (χ4v) is 4.77. The maximum Gasteiger partial charge on any atom is 0.240 e. The Morgan fingerprint density at radius 2 is 1.86 bits per heavy atom. The summed E-state index contributed by atoms with van der Waals surface area (Å²) in [6, 6.07) is 15.1. The molecule has 2 fully saturated rings. The summed E-state index contributed by atoms with van der Waals surface area (Å²) in [6.45, 7) is 2.52. The van der Waals surface area contributed by atoms with E-state index in [2.05, 4.69) is 4.72 Å². The molecule has 0 unspecified atom stereocenters. The first-order valence-corrected chi connectivity index (χ1v) is 10.7. The van der Waals surface area contributed by atoms with Crippen LogP contribution >= 0.6 is 0 Å². The van der Waals surface area contributed by atoms with Gasteiger partial charge in [0, 0.05) is 0 Å². The van der Waals surface area contributed by atoms with Crippen molar-refractivity contribution < 1.29 is 22.6 Å². The number of rotatable bonds is 6. The summed E-state index contributed by atoms with van der Waals surface area (Å²) >= 11 is 0. The molecule has 0 saturated carbocycles. The van der Waals surface area contributed by atoms with Crippen LogP contribution in [0.3, 0.4) is 0 Å². The Morgan fingerprint density at radius 3 is 2.57 bits per heavy atom.